The largest absolute Gasteiger partial charge is 0.463 e. The smallest absolute Gasteiger partial charge is 0.336 e. The normalized spacial score (nSPS) is 18.5. The summed E-state index contributed by atoms with van der Waals surface area (Å²) in [6, 6.07) is 9.99. The number of thiophene rings is 1. The van der Waals surface area contributed by atoms with Crippen LogP contribution in [-0.2, 0) is 20.1 Å². The third kappa shape index (κ3) is 4.68. The summed E-state index contributed by atoms with van der Waals surface area (Å²) in [4.78, 5) is 29.3. The number of ketones is 1. The Morgan fingerprint density at radius 1 is 1.25 bits per heavy atom. The highest BCUT2D eigenvalue weighted by Gasteiger charge is 2.40. The number of hydrogen-bond donors (Lipinski definition) is 1. The number of esters is 1. The molecule has 1 aliphatic carbocycles. The average molecular weight is 488 g/mol. The fourth-order valence-electron chi connectivity index (χ4n) is 4.27. The lowest BCUT2D eigenvalue weighted by molar-refractivity contribution is -0.138. The zero-order valence-electron chi connectivity index (χ0n) is 18.4. The Balaban J connectivity index is 1.69. The van der Waals surface area contributed by atoms with E-state index in [0.29, 0.717) is 18.6 Å². The number of hydrogen-bond acceptors (Lipinski definition) is 6. The number of allylic oxidation sites excluding steroid dienone is 3. The Morgan fingerprint density at radius 3 is 2.72 bits per heavy atom. The predicted molar refractivity (Wildman–Crippen MR) is 131 cm³/mol. The van der Waals surface area contributed by atoms with E-state index in [1.807, 2.05) is 31.2 Å². The molecule has 0 spiro atoms. The number of carbonyl (C=O) groups excluding carboxylic acids is 2. The number of aryl methyl sites for hydroxylation is 1. The van der Waals surface area contributed by atoms with E-state index < -0.39 is 0 Å². The van der Waals surface area contributed by atoms with Crippen LogP contribution in [0.5, 0.6) is 0 Å². The monoisotopic (exact) mass is 487 g/mol. The Kier molecular flexibility index (Phi) is 7.13. The molecule has 1 atom stereocenters. The van der Waals surface area contributed by atoms with Crippen molar-refractivity contribution in [2.45, 2.75) is 56.6 Å². The lowest BCUT2D eigenvalue weighted by Gasteiger charge is -2.33. The first-order valence-corrected chi connectivity index (χ1v) is 13.0. The number of dihydropyridines is 1. The van der Waals surface area contributed by atoms with Crippen LogP contribution in [0.1, 0.15) is 54.3 Å². The van der Waals surface area contributed by atoms with E-state index in [1.54, 1.807) is 30.0 Å². The van der Waals surface area contributed by atoms with Crippen LogP contribution in [0.4, 0.5) is 0 Å². The lowest BCUT2D eigenvalue weighted by Crippen LogP contribution is -2.34. The van der Waals surface area contributed by atoms with Gasteiger partial charge in [0.15, 0.2) is 5.78 Å². The van der Waals surface area contributed by atoms with Crippen LogP contribution in [-0.4, -0.2) is 18.4 Å². The fraction of sp³-hybridized carbons (Fsp3) is 0.360. The van der Waals surface area contributed by atoms with Crippen molar-refractivity contribution in [3.8, 4) is 0 Å². The highest BCUT2D eigenvalue weighted by atomic mass is 35.5. The van der Waals surface area contributed by atoms with Gasteiger partial charge in [0.2, 0.25) is 0 Å². The molecule has 0 saturated carbocycles. The molecule has 0 amide bonds. The van der Waals surface area contributed by atoms with Crippen molar-refractivity contribution >= 4 is 46.5 Å². The van der Waals surface area contributed by atoms with Gasteiger partial charge in [-0.3, -0.25) is 4.79 Å². The molecule has 1 aromatic carbocycles. The van der Waals surface area contributed by atoms with Gasteiger partial charge >= 0.3 is 5.97 Å². The van der Waals surface area contributed by atoms with E-state index in [2.05, 4.69) is 18.3 Å². The Hall–Kier alpha value is -2.02. The van der Waals surface area contributed by atoms with Gasteiger partial charge in [-0.05, 0) is 69.5 Å². The molecule has 0 fully saturated rings. The third-order valence-electron chi connectivity index (χ3n) is 5.80. The highest BCUT2D eigenvalue weighted by molar-refractivity contribution is 7.98. The summed E-state index contributed by atoms with van der Waals surface area (Å²) in [6.07, 6.45) is 2.19. The SMILES string of the molecule is CCOC(=O)C1=C(C)NC2=C(C(=O)CCC2)[C@H]1c1cc(CSc2ccc(Cl)cc2)c(C)s1. The van der Waals surface area contributed by atoms with Crippen LogP contribution in [0.15, 0.2) is 57.8 Å². The molecule has 2 heterocycles. The lowest BCUT2D eigenvalue weighted by atomic mass is 9.78. The van der Waals surface area contributed by atoms with E-state index in [1.165, 1.54) is 10.4 Å². The standard InChI is InChI=1S/C25H26ClNO3S2/c1-4-30-25(29)22-14(2)27-19-6-5-7-20(28)23(19)24(22)21-12-16(15(3)32-21)13-31-18-10-8-17(26)9-11-18/h8-12,24,27H,4-7,13H2,1-3H3/t24-/m0/s1. The topological polar surface area (TPSA) is 55.4 Å². The first-order chi connectivity index (χ1) is 15.4. The number of carbonyl (C=O) groups is 2. The maximum Gasteiger partial charge on any atom is 0.336 e. The third-order valence-corrected chi connectivity index (χ3v) is 8.27. The summed E-state index contributed by atoms with van der Waals surface area (Å²) >= 11 is 9.41. The molecule has 7 heteroatoms. The van der Waals surface area contributed by atoms with Gasteiger partial charge < -0.3 is 10.1 Å². The Bertz CT molecular complexity index is 1110. The summed E-state index contributed by atoms with van der Waals surface area (Å²) in [7, 11) is 0. The molecule has 0 bridgehead atoms. The number of halogens is 1. The number of ether oxygens (including phenoxy) is 1. The van der Waals surface area contributed by atoms with Crippen molar-refractivity contribution in [3.05, 3.63) is 73.2 Å². The van der Waals surface area contributed by atoms with Gasteiger partial charge in [0.1, 0.15) is 0 Å². The maximum absolute atomic E-state index is 13.0. The molecule has 4 nitrogen and oxygen atoms in total. The van der Waals surface area contributed by atoms with Gasteiger partial charge in [0.05, 0.1) is 18.1 Å². The minimum atomic E-state index is -0.365. The van der Waals surface area contributed by atoms with E-state index in [-0.39, 0.29) is 17.7 Å². The van der Waals surface area contributed by atoms with Crippen molar-refractivity contribution < 1.29 is 14.3 Å². The highest BCUT2D eigenvalue weighted by Crippen LogP contribution is 2.45. The van der Waals surface area contributed by atoms with Crippen LogP contribution in [0.2, 0.25) is 5.02 Å². The quantitative estimate of drug-likeness (QED) is 0.370. The van der Waals surface area contributed by atoms with Crippen LogP contribution >= 0.6 is 34.7 Å². The maximum atomic E-state index is 13.0. The summed E-state index contributed by atoms with van der Waals surface area (Å²) < 4.78 is 5.39. The number of benzene rings is 1. The van der Waals surface area contributed by atoms with Gasteiger partial charge in [-0.15, -0.1) is 23.1 Å². The Morgan fingerprint density at radius 2 is 2.00 bits per heavy atom. The van der Waals surface area contributed by atoms with Crippen LogP contribution in [0.25, 0.3) is 0 Å². The van der Waals surface area contributed by atoms with Gasteiger partial charge in [-0.1, -0.05) is 11.6 Å². The van der Waals surface area contributed by atoms with Crippen molar-refractivity contribution in [1.29, 1.82) is 0 Å². The predicted octanol–water partition coefficient (Wildman–Crippen LogP) is 6.53. The van der Waals surface area contributed by atoms with Gasteiger partial charge in [-0.2, -0.15) is 0 Å². The Labute approximate surface area is 202 Å². The first-order valence-electron chi connectivity index (χ1n) is 10.8. The molecule has 0 saturated heterocycles. The number of rotatable bonds is 6. The minimum Gasteiger partial charge on any atom is -0.463 e. The molecule has 168 valence electrons. The molecule has 2 aliphatic rings. The molecular weight excluding hydrogens is 462 g/mol. The summed E-state index contributed by atoms with van der Waals surface area (Å²) in [6.45, 7) is 6.11. The van der Waals surface area contributed by atoms with Gasteiger partial charge in [-0.25, -0.2) is 4.79 Å². The second-order valence-corrected chi connectivity index (χ2v) is 10.7. The molecule has 1 aliphatic heterocycles. The van der Waals surface area contributed by atoms with Crippen molar-refractivity contribution in [1.82, 2.24) is 5.32 Å². The zero-order chi connectivity index (χ0) is 22.8. The molecule has 32 heavy (non-hydrogen) atoms. The average Bonchev–Trinajstić information content (AvgIpc) is 3.13. The first kappa shape index (κ1) is 23.1. The van der Waals surface area contributed by atoms with Crippen LogP contribution in [0.3, 0.4) is 0 Å². The number of nitrogens with one attached hydrogen (secondary N) is 1. The van der Waals surface area contributed by atoms with Gasteiger partial charge in [0, 0.05) is 48.8 Å². The summed E-state index contributed by atoms with van der Waals surface area (Å²) in [5, 5.41) is 4.06. The van der Waals surface area contributed by atoms with Crippen molar-refractivity contribution in [3.63, 3.8) is 0 Å². The molecule has 1 N–H and O–H groups in total. The van der Waals surface area contributed by atoms with Gasteiger partial charge in [0.25, 0.3) is 0 Å². The molecule has 4 rings (SSSR count). The summed E-state index contributed by atoms with van der Waals surface area (Å²) in [5.74, 6) is 0.222. The van der Waals surface area contributed by atoms with Crippen molar-refractivity contribution in [2.24, 2.45) is 0 Å². The minimum absolute atomic E-state index is 0.126. The second kappa shape index (κ2) is 9.86. The van der Waals surface area contributed by atoms with E-state index in [9.17, 15) is 9.59 Å². The molecule has 0 unspecified atom stereocenters. The zero-order valence-corrected chi connectivity index (χ0v) is 20.8. The van der Waals surface area contributed by atoms with Crippen molar-refractivity contribution in [2.75, 3.05) is 6.61 Å². The fourth-order valence-corrected chi connectivity index (χ4v) is 6.61. The molecule has 0 radical (unpaired) electrons. The van der Waals surface area contributed by atoms with E-state index in [0.717, 1.165) is 50.4 Å². The molecule has 1 aromatic heterocycles. The summed E-state index contributed by atoms with van der Waals surface area (Å²) in [5.41, 5.74) is 4.25. The number of thioether (sulfide) groups is 1. The van der Waals surface area contributed by atoms with Crippen LogP contribution in [0, 0.1) is 6.92 Å². The molecular formula is C25H26ClNO3S2. The number of Topliss-reactive ketones (excluding diaryl/α,β-unsaturated/α-hetero) is 1. The second-order valence-electron chi connectivity index (χ2n) is 7.96. The van der Waals surface area contributed by atoms with Crippen LogP contribution < -0.4 is 5.32 Å². The molecule has 2 aromatic rings. The van der Waals surface area contributed by atoms with E-state index >= 15 is 0 Å². The van der Waals surface area contributed by atoms with E-state index in [4.69, 9.17) is 16.3 Å².